The van der Waals surface area contributed by atoms with Crippen LogP contribution >= 0.6 is 0 Å². The Morgan fingerprint density at radius 3 is 2.42 bits per heavy atom. The summed E-state index contributed by atoms with van der Waals surface area (Å²) in [5.41, 5.74) is -0.00209. The van der Waals surface area contributed by atoms with E-state index < -0.39 is 15.6 Å². The number of hydrogen-bond donors (Lipinski definition) is 2. The van der Waals surface area contributed by atoms with Crippen LogP contribution in [0.1, 0.15) is 18.4 Å². The first-order valence-electron chi connectivity index (χ1n) is 6.28. The maximum absolute atomic E-state index is 12.1. The smallest absolute Gasteiger partial charge is 0.240 e. The minimum Gasteiger partial charge on any atom is -0.388 e. The summed E-state index contributed by atoms with van der Waals surface area (Å²) in [6.07, 6.45) is 0.896. The van der Waals surface area contributed by atoms with Crippen molar-refractivity contribution in [2.75, 3.05) is 19.8 Å². The van der Waals surface area contributed by atoms with Crippen LogP contribution in [0.4, 0.5) is 0 Å². The molecule has 5 nitrogen and oxygen atoms in total. The van der Waals surface area contributed by atoms with Gasteiger partial charge in [0.2, 0.25) is 10.0 Å². The Kier molecular flexibility index (Phi) is 4.25. The van der Waals surface area contributed by atoms with E-state index >= 15 is 0 Å². The van der Waals surface area contributed by atoms with E-state index in [1.165, 1.54) is 0 Å². The molecule has 0 aliphatic carbocycles. The van der Waals surface area contributed by atoms with Gasteiger partial charge >= 0.3 is 0 Å². The van der Waals surface area contributed by atoms with Gasteiger partial charge in [-0.1, -0.05) is 17.7 Å². The molecular weight excluding hydrogens is 266 g/mol. The first-order valence-corrected chi connectivity index (χ1v) is 7.76. The molecule has 0 spiro atoms. The van der Waals surface area contributed by atoms with Gasteiger partial charge < -0.3 is 9.84 Å². The fourth-order valence-corrected chi connectivity index (χ4v) is 3.08. The summed E-state index contributed by atoms with van der Waals surface area (Å²) in [6, 6.07) is 6.62. The maximum atomic E-state index is 12.1. The van der Waals surface area contributed by atoms with E-state index in [1.54, 1.807) is 24.3 Å². The summed E-state index contributed by atoms with van der Waals surface area (Å²) in [4.78, 5) is 0.216. The van der Waals surface area contributed by atoms with Crippen molar-refractivity contribution in [2.24, 2.45) is 0 Å². The highest BCUT2D eigenvalue weighted by Gasteiger charge is 2.31. The molecule has 106 valence electrons. The molecule has 1 aromatic rings. The SMILES string of the molecule is Cc1ccc(S(=O)(=O)NCC2(O)CCOCC2)cc1. The molecule has 1 saturated heterocycles. The predicted molar refractivity (Wildman–Crippen MR) is 71.4 cm³/mol. The van der Waals surface area contributed by atoms with Crippen LogP contribution < -0.4 is 4.72 Å². The van der Waals surface area contributed by atoms with Crippen molar-refractivity contribution < 1.29 is 18.3 Å². The van der Waals surface area contributed by atoms with Crippen LogP contribution in [-0.4, -0.2) is 38.9 Å². The summed E-state index contributed by atoms with van der Waals surface area (Å²) in [6.45, 7) is 2.84. The Morgan fingerprint density at radius 2 is 1.84 bits per heavy atom. The lowest BCUT2D eigenvalue weighted by Crippen LogP contribution is -2.46. The number of nitrogens with one attached hydrogen (secondary N) is 1. The number of ether oxygens (including phenoxy) is 1. The molecule has 1 heterocycles. The zero-order chi connectivity index (χ0) is 13.9. The van der Waals surface area contributed by atoms with Crippen molar-refractivity contribution in [3.63, 3.8) is 0 Å². The standard InChI is InChI=1S/C13H19NO4S/c1-11-2-4-12(5-3-11)19(16,17)14-10-13(15)6-8-18-9-7-13/h2-5,14-15H,6-10H2,1H3. The summed E-state index contributed by atoms with van der Waals surface area (Å²) in [5.74, 6) is 0. The van der Waals surface area contributed by atoms with E-state index in [-0.39, 0.29) is 11.4 Å². The van der Waals surface area contributed by atoms with Crippen molar-refractivity contribution >= 4 is 10.0 Å². The summed E-state index contributed by atoms with van der Waals surface area (Å²) >= 11 is 0. The van der Waals surface area contributed by atoms with E-state index in [4.69, 9.17) is 4.74 Å². The third-order valence-electron chi connectivity index (χ3n) is 3.35. The van der Waals surface area contributed by atoms with Gasteiger partial charge in [0.1, 0.15) is 0 Å². The fraction of sp³-hybridized carbons (Fsp3) is 0.538. The molecule has 0 radical (unpaired) electrons. The molecule has 19 heavy (non-hydrogen) atoms. The Morgan fingerprint density at radius 1 is 1.26 bits per heavy atom. The highest BCUT2D eigenvalue weighted by Crippen LogP contribution is 2.20. The molecule has 0 amide bonds. The Balaban J connectivity index is 2.03. The van der Waals surface area contributed by atoms with Gasteiger partial charge in [0.05, 0.1) is 10.5 Å². The quantitative estimate of drug-likeness (QED) is 0.858. The number of rotatable bonds is 4. The van der Waals surface area contributed by atoms with Gasteiger partial charge in [-0.2, -0.15) is 0 Å². The van der Waals surface area contributed by atoms with E-state index in [1.807, 2.05) is 6.92 Å². The van der Waals surface area contributed by atoms with Gasteiger partial charge in [-0.25, -0.2) is 13.1 Å². The molecule has 2 N–H and O–H groups in total. The lowest BCUT2D eigenvalue weighted by atomic mass is 9.95. The summed E-state index contributed by atoms with van der Waals surface area (Å²) in [5, 5.41) is 10.2. The van der Waals surface area contributed by atoms with Crippen LogP contribution in [0.15, 0.2) is 29.2 Å². The van der Waals surface area contributed by atoms with Crippen molar-refractivity contribution in [1.29, 1.82) is 0 Å². The molecule has 1 fully saturated rings. The largest absolute Gasteiger partial charge is 0.388 e. The number of benzene rings is 1. The van der Waals surface area contributed by atoms with Crippen molar-refractivity contribution in [2.45, 2.75) is 30.3 Å². The zero-order valence-electron chi connectivity index (χ0n) is 10.9. The Labute approximate surface area is 113 Å². The van der Waals surface area contributed by atoms with E-state index in [0.717, 1.165) is 5.56 Å². The molecule has 0 unspecified atom stereocenters. The molecule has 0 saturated carbocycles. The van der Waals surface area contributed by atoms with Crippen LogP contribution in [0.3, 0.4) is 0 Å². The lowest BCUT2D eigenvalue weighted by Gasteiger charge is -2.31. The number of aryl methyl sites for hydroxylation is 1. The van der Waals surface area contributed by atoms with Gasteiger partial charge in [0.25, 0.3) is 0 Å². The fourth-order valence-electron chi connectivity index (χ4n) is 1.96. The van der Waals surface area contributed by atoms with Crippen molar-refractivity contribution in [3.05, 3.63) is 29.8 Å². The van der Waals surface area contributed by atoms with Crippen LogP contribution in [-0.2, 0) is 14.8 Å². The molecule has 6 heteroatoms. The second-order valence-electron chi connectivity index (χ2n) is 4.97. The normalized spacial score (nSPS) is 19.3. The maximum Gasteiger partial charge on any atom is 0.240 e. The molecule has 2 rings (SSSR count). The zero-order valence-corrected chi connectivity index (χ0v) is 11.7. The van der Waals surface area contributed by atoms with Gasteiger partial charge in [-0.15, -0.1) is 0 Å². The van der Waals surface area contributed by atoms with E-state index in [0.29, 0.717) is 26.1 Å². The molecule has 0 bridgehead atoms. The molecule has 0 atom stereocenters. The molecule has 1 aliphatic rings. The molecule has 0 aromatic heterocycles. The van der Waals surface area contributed by atoms with E-state index in [2.05, 4.69) is 4.72 Å². The van der Waals surface area contributed by atoms with Crippen LogP contribution in [0.2, 0.25) is 0 Å². The summed E-state index contributed by atoms with van der Waals surface area (Å²) in [7, 11) is -3.57. The van der Waals surface area contributed by atoms with Crippen LogP contribution in [0, 0.1) is 6.92 Å². The van der Waals surface area contributed by atoms with Gasteiger partial charge in [0, 0.05) is 32.6 Å². The van der Waals surface area contributed by atoms with E-state index in [9.17, 15) is 13.5 Å². The van der Waals surface area contributed by atoms with Crippen LogP contribution in [0.5, 0.6) is 0 Å². The molecular formula is C13H19NO4S. The predicted octanol–water partition coefficient (Wildman–Crippen LogP) is 0.815. The average Bonchev–Trinajstić information content (AvgIpc) is 2.38. The summed E-state index contributed by atoms with van der Waals surface area (Å²) < 4.78 is 31.8. The minimum absolute atomic E-state index is 0.0204. The number of hydrogen-bond acceptors (Lipinski definition) is 4. The Bertz CT molecular complexity index is 518. The second-order valence-corrected chi connectivity index (χ2v) is 6.74. The third-order valence-corrected chi connectivity index (χ3v) is 4.76. The average molecular weight is 285 g/mol. The van der Waals surface area contributed by atoms with Gasteiger partial charge in [-0.05, 0) is 19.1 Å². The second kappa shape index (κ2) is 5.58. The first kappa shape index (κ1) is 14.5. The third kappa shape index (κ3) is 3.76. The molecule has 1 aliphatic heterocycles. The first-order chi connectivity index (χ1) is 8.91. The van der Waals surface area contributed by atoms with Crippen molar-refractivity contribution in [1.82, 2.24) is 4.72 Å². The van der Waals surface area contributed by atoms with Gasteiger partial charge in [0.15, 0.2) is 0 Å². The van der Waals surface area contributed by atoms with Crippen molar-refractivity contribution in [3.8, 4) is 0 Å². The highest BCUT2D eigenvalue weighted by atomic mass is 32.2. The Hall–Kier alpha value is -0.950. The number of aliphatic hydroxyl groups is 1. The highest BCUT2D eigenvalue weighted by molar-refractivity contribution is 7.89. The topological polar surface area (TPSA) is 75.6 Å². The van der Waals surface area contributed by atoms with Crippen LogP contribution in [0.25, 0.3) is 0 Å². The monoisotopic (exact) mass is 285 g/mol. The minimum atomic E-state index is -3.57. The molecule has 1 aromatic carbocycles. The number of sulfonamides is 1. The lowest BCUT2D eigenvalue weighted by molar-refractivity contribution is -0.0588. The van der Waals surface area contributed by atoms with Gasteiger partial charge in [-0.3, -0.25) is 0 Å².